The van der Waals surface area contributed by atoms with Crippen LogP contribution in [-0.4, -0.2) is 100 Å². The molecule has 1 saturated heterocycles. The fourth-order valence-corrected chi connectivity index (χ4v) is 6.14. The number of carboxylic acid groups (broad SMARTS) is 4. The zero-order valence-corrected chi connectivity index (χ0v) is 27.8. The van der Waals surface area contributed by atoms with E-state index in [0.29, 0.717) is 24.3 Å². The minimum Gasteiger partial charge on any atom is -0.478 e. The van der Waals surface area contributed by atoms with Crippen LogP contribution in [0.25, 0.3) is 0 Å². The van der Waals surface area contributed by atoms with E-state index >= 15 is 0 Å². The highest BCUT2D eigenvalue weighted by Crippen LogP contribution is 2.47. The van der Waals surface area contributed by atoms with Gasteiger partial charge in [0, 0.05) is 66.8 Å². The summed E-state index contributed by atoms with van der Waals surface area (Å²) in [6, 6.07) is 17.7. The van der Waals surface area contributed by atoms with Gasteiger partial charge in [-0.2, -0.15) is 0 Å². The fraction of sp³-hybridized carbons (Fsp3) is 0.429. The molecule has 0 atom stereocenters. The standard InChI is InChI=1S/C27H39N3S.2C4H4O4/c1-28-20-22-29(23-21-28)18-12-6-4-2-3-5-7-13-19-30-24-14-8-10-16-26(24)31-27-17-11-9-15-25(27)30;2*5-3(6)1-2-4(7)8/h8-11,14-17H,2-7,12-13,18-23H2,1H3;2*1-2H,(H,5,6)(H,7,8)/b;2*2-1-. The third kappa shape index (κ3) is 16.8. The van der Waals surface area contributed by atoms with Crippen molar-refractivity contribution in [3.8, 4) is 0 Å². The Balaban J connectivity index is 0.000000397. The van der Waals surface area contributed by atoms with E-state index in [1.54, 1.807) is 0 Å². The molecule has 0 spiro atoms. The molecular weight excluding hydrogens is 622 g/mol. The Hall–Kier alpha value is -4.13. The van der Waals surface area contributed by atoms with Gasteiger partial charge >= 0.3 is 23.9 Å². The molecule has 2 aromatic carbocycles. The number of likely N-dealkylation sites (N-methyl/N-ethyl adjacent to an activating group) is 1. The number of unbranched alkanes of at least 4 members (excludes halogenated alkanes) is 7. The summed E-state index contributed by atoms with van der Waals surface area (Å²) in [4.78, 5) is 48.6. The zero-order chi connectivity index (χ0) is 34.4. The Morgan fingerprint density at radius 3 is 1.34 bits per heavy atom. The number of carboxylic acids is 4. The molecule has 2 aliphatic heterocycles. The molecule has 4 rings (SSSR count). The number of anilines is 2. The maximum atomic E-state index is 9.55. The van der Waals surface area contributed by atoms with Crippen molar-refractivity contribution in [3.63, 3.8) is 0 Å². The molecule has 2 heterocycles. The van der Waals surface area contributed by atoms with Crippen LogP contribution in [0, 0.1) is 0 Å². The van der Waals surface area contributed by atoms with Crippen molar-refractivity contribution in [2.24, 2.45) is 0 Å². The SMILES string of the molecule is CN1CCN(CCCCCCCCCCN2c3ccccc3Sc3ccccc32)CC1.O=C(O)/C=C\C(=O)O.O=C(O)/C=C\C(=O)O. The van der Waals surface area contributed by atoms with E-state index < -0.39 is 23.9 Å². The number of hydrogen-bond donors (Lipinski definition) is 4. The molecule has 4 N–H and O–H groups in total. The van der Waals surface area contributed by atoms with Gasteiger partial charge in [-0.05, 0) is 50.7 Å². The largest absolute Gasteiger partial charge is 0.478 e. The first kappa shape index (κ1) is 39.1. The molecular formula is C35H47N3O8S. The van der Waals surface area contributed by atoms with E-state index in [1.165, 1.54) is 105 Å². The molecule has 0 saturated carbocycles. The second kappa shape index (κ2) is 22.4. The zero-order valence-electron chi connectivity index (χ0n) is 27.0. The molecule has 2 aliphatic rings. The summed E-state index contributed by atoms with van der Waals surface area (Å²) in [6.45, 7) is 7.45. The highest BCUT2D eigenvalue weighted by molar-refractivity contribution is 7.99. The van der Waals surface area contributed by atoms with Crippen molar-refractivity contribution in [2.75, 3.05) is 51.2 Å². The van der Waals surface area contributed by atoms with Crippen LogP contribution in [0.1, 0.15) is 51.4 Å². The second-order valence-electron chi connectivity index (χ2n) is 11.2. The topological polar surface area (TPSA) is 159 Å². The van der Waals surface area contributed by atoms with Gasteiger partial charge < -0.3 is 35.1 Å². The number of piperazine rings is 1. The third-order valence-electron chi connectivity index (χ3n) is 7.47. The Morgan fingerprint density at radius 2 is 0.936 bits per heavy atom. The van der Waals surface area contributed by atoms with Gasteiger partial charge in [0.1, 0.15) is 0 Å². The van der Waals surface area contributed by atoms with E-state index in [-0.39, 0.29) is 0 Å². The quantitative estimate of drug-likeness (QED) is 0.128. The van der Waals surface area contributed by atoms with Crippen molar-refractivity contribution in [1.82, 2.24) is 9.80 Å². The molecule has 0 radical (unpaired) electrons. The van der Waals surface area contributed by atoms with Crippen molar-refractivity contribution >= 4 is 47.0 Å². The molecule has 47 heavy (non-hydrogen) atoms. The van der Waals surface area contributed by atoms with Crippen LogP contribution in [0.5, 0.6) is 0 Å². The van der Waals surface area contributed by atoms with Gasteiger partial charge in [-0.15, -0.1) is 0 Å². The summed E-state index contributed by atoms with van der Waals surface area (Å²) >= 11 is 1.91. The van der Waals surface area contributed by atoms with Crippen LogP contribution in [-0.2, 0) is 19.2 Å². The number of carbonyl (C=O) groups is 4. The summed E-state index contributed by atoms with van der Waals surface area (Å²) in [6.07, 6.45) is 13.2. The first-order chi connectivity index (χ1) is 22.6. The summed E-state index contributed by atoms with van der Waals surface area (Å²) in [7, 11) is 2.24. The van der Waals surface area contributed by atoms with Gasteiger partial charge in [0.2, 0.25) is 0 Å². The Morgan fingerprint density at radius 1 is 0.574 bits per heavy atom. The molecule has 0 bridgehead atoms. The second-order valence-corrected chi connectivity index (χ2v) is 12.3. The third-order valence-corrected chi connectivity index (χ3v) is 8.60. The molecule has 0 amide bonds. The normalized spacial score (nSPS) is 14.4. The van der Waals surface area contributed by atoms with Crippen LogP contribution in [0.2, 0.25) is 0 Å². The number of fused-ring (bicyclic) bond motifs is 2. The highest BCUT2D eigenvalue weighted by atomic mass is 32.2. The molecule has 256 valence electrons. The number of rotatable bonds is 15. The smallest absolute Gasteiger partial charge is 0.328 e. The first-order valence-electron chi connectivity index (χ1n) is 15.9. The predicted molar refractivity (Wildman–Crippen MR) is 184 cm³/mol. The number of nitrogens with zero attached hydrogens (tertiary/aromatic N) is 3. The number of benzene rings is 2. The van der Waals surface area contributed by atoms with Crippen LogP contribution < -0.4 is 4.90 Å². The molecule has 0 aliphatic carbocycles. The first-order valence-corrected chi connectivity index (χ1v) is 16.7. The van der Waals surface area contributed by atoms with Crippen LogP contribution in [0.3, 0.4) is 0 Å². The summed E-state index contributed by atoms with van der Waals surface area (Å²) in [5.41, 5.74) is 2.76. The lowest BCUT2D eigenvalue weighted by atomic mass is 10.1. The summed E-state index contributed by atoms with van der Waals surface area (Å²) < 4.78 is 0. The van der Waals surface area contributed by atoms with E-state index in [4.69, 9.17) is 20.4 Å². The fourth-order valence-electron chi connectivity index (χ4n) is 5.04. The van der Waals surface area contributed by atoms with Crippen LogP contribution >= 0.6 is 11.8 Å². The molecule has 0 unspecified atom stereocenters. The lowest BCUT2D eigenvalue weighted by molar-refractivity contribution is -0.134. The van der Waals surface area contributed by atoms with Gasteiger partial charge in [0.05, 0.1) is 11.4 Å². The van der Waals surface area contributed by atoms with E-state index in [2.05, 4.69) is 70.3 Å². The van der Waals surface area contributed by atoms with Crippen molar-refractivity contribution < 1.29 is 39.6 Å². The monoisotopic (exact) mass is 669 g/mol. The van der Waals surface area contributed by atoms with Gasteiger partial charge in [-0.25, -0.2) is 19.2 Å². The van der Waals surface area contributed by atoms with Crippen LogP contribution in [0.4, 0.5) is 11.4 Å². The molecule has 2 aromatic rings. The lowest BCUT2D eigenvalue weighted by Gasteiger charge is -2.32. The summed E-state index contributed by atoms with van der Waals surface area (Å²) in [5.74, 6) is -5.03. The Bertz CT molecular complexity index is 1230. The van der Waals surface area contributed by atoms with Crippen molar-refractivity contribution in [1.29, 1.82) is 0 Å². The van der Waals surface area contributed by atoms with Gasteiger partial charge in [-0.1, -0.05) is 74.6 Å². The summed E-state index contributed by atoms with van der Waals surface area (Å²) in [5, 5.41) is 31.2. The maximum Gasteiger partial charge on any atom is 0.328 e. The van der Waals surface area contributed by atoms with E-state index in [1.807, 2.05) is 11.8 Å². The van der Waals surface area contributed by atoms with Gasteiger partial charge in [-0.3, -0.25) is 0 Å². The average molecular weight is 670 g/mol. The predicted octanol–water partition coefficient (Wildman–Crippen LogP) is 6.08. The average Bonchev–Trinajstić information content (AvgIpc) is 3.04. The van der Waals surface area contributed by atoms with E-state index in [9.17, 15) is 19.2 Å². The van der Waals surface area contributed by atoms with Crippen molar-refractivity contribution in [2.45, 2.75) is 61.2 Å². The number of aliphatic carboxylic acids is 4. The number of hydrogen-bond acceptors (Lipinski definition) is 8. The maximum absolute atomic E-state index is 9.55. The lowest BCUT2D eigenvalue weighted by Crippen LogP contribution is -2.44. The molecule has 0 aromatic heterocycles. The van der Waals surface area contributed by atoms with Crippen LogP contribution in [0.15, 0.2) is 82.6 Å². The molecule has 1 fully saturated rings. The molecule has 12 heteroatoms. The highest BCUT2D eigenvalue weighted by Gasteiger charge is 2.22. The Labute approximate surface area is 281 Å². The Kier molecular flexibility index (Phi) is 18.6. The van der Waals surface area contributed by atoms with Crippen molar-refractivity contribution in [3.05, 3.63) is 72.8 Å². The molecule has 11 nitrogen and oxygen atoms in total. The van der Waals surface area contributed by atoms with E-state index in [0.717, 1.165) is 6.54 Å². The minimum atomic E-state index is -1.26. The number of para-hydroxylation sites is 2. The van der Waals surface area contributed by atoms with Gasteiger partial charge in [0.15, 0.2) is 0 Å². The minimum absolute atomic E-state index is 0.558. The van der Waals surface area contributed by atoms with Gasteiger partial charge in [0.25, 0.3) is 0 Å².